The van der Waals surface area contributed by atoms with Gasteiger partial charge in [-0.3, -0.25) is 14.4 Å². The lowest BCUT2D eigenvalue weighted by Crippen LogP contribution is -2.25. The van der Waals surface area contributed by atoms with Crippen LogP contribution in [0.15, 0.2) is 42.5 Å². The van der Waals surface area contributed by atoms with E-state index in [1.165, 1.54) is 0 Å². The van der Waals surface area contributed by atoms with E-state index in [2.05, 4.69) is 21.3 Å². The molecule has 0 bridgehead atoms. The molecule has 0 aromatic heterocycles. The second-order valence-corrected chi connectivity index (χ2v) is 7.48. The zero-order chi connectivity index (χ0) is 23.3. The summed E-state index contributed by atoms with van der Waals surface area (Å²) in [6.07, 6.45) is 1.92. The number of benzene rings is 2. The molecule has 4 N–H and O–H groups in total. The van der Waals surface area contributed by atoms with Gasteiger partial charge in [0, 0.05) is 43.6 Å². The molecule has 0 fully saturated rings. The molecule has 8 nitrogen and oxygen atoms in total. The summed E-state index contributed by atoms with van der Waals surface area (Å²) < 4.78 is 4.95. The van der Waals surface area contributed by atoms with E-state index in [0.717, 1.165) is 12.8 Å². The van der Waals surface area contributed by atoms with Crippen LogP contribution in [0, 0.1) is 0 Å². The lowest BCUT2D eigenvalue weighted by atomic mass is 10.2. The van der Waals surface area contributed by atoms with E-state index in [0.29, 0.717) is 47.2 Å². The van der Waals surface area contributed by atoms with Gasteiger partial charge in [0.2, 0.25) is 11.8 Å². The fraction of sp³-hybridized carbons (Fsp3) is 0.348. The summed E-state index contributed by atoms with van der Waals surface area (Å²) in [5, 5.41) is 11.8. The van der Waals surface area contributed by atoms with E-state index in [1.54, 1.807) is 49.6 Å². The first-order chi connectivity index (χ1) is 15.4. The lowest BCUT2D eigenvalue weighted by molar-refractivity contribution is -0.116. The zero-order valence-corrected chi connectivity index (χ0v) is 19.1. The topological polar surface area (TPSA) is 109 Å². The number of methoxy groups -OCH3 is 1. The molecule has 0 saturated carbocycles. The average Bonchev–Trinajstić information content (AvgIpc) is 2.77. The Hall–Kier alpha value is -3.10. The normalized spacial score (nSPS) is 10.3. The molecule has 2 aromatic rings. The molecular weight excluding hydrogens is 432 g/mol. The Bertz CT molecular complexity index is 919. The monoisotopic (exact) mass is 460 g/mol. The predicted octanol–water partition coefficient (Wildman–Crippen LogP) is 3.90. The maximum atomic E-state index is 12.3. The third kappa shape index (κ3) is 8.56. The van der Waals surface area contributed by atoms with Gasteiger partial charge in [-0.05, 0) is 55.3 Å². The number of carbonyl (C=O) groups is 3. The van der Waals surface area contributed by atoms with E-state index < -0.39 is 0 Å². The molecule has 0 saturated heterocycles. The molecule has 0 heterocycles. The molecule has 3 amide bonds. The Labute approximate surface area is 193 Å². The average molecular weight is 461 g/mol. The Balaban J connectivity index is 1.85. The van der Waals surface area contributed by atoms with Crippen molar-refractivity contribution in [3.8, 4) is 0 Å². The Morgan fingerprint density at radius 2 is 1.66 bits per heavy atom. The number of nitrogens with one attached hydrogen (secondary N) is 4. The lowest BCUT2D eigenvalue weighted by Gasteiger charge is -2.12. The Morgan fingerprint density at radius 1 is 0.969 bits per heavy atom. The van der Waals surface area contributed by atoms with Gasteiger partial charge in [-0.2, -0.15) is 0 Å². The smallest absolute Gasteiger partial charge is 0.251 e. The summed E-state index contributed by atoms with van der Waals surface area (Å²) in [6, 6.07) is 11.7. The predicted molar refractivity (Wildman–Crippen MR) is 127 cm³/mol. The first-order valence-corrected chi connectivity index (χ1v) is 10.8. The molecule has 0 aliphatic heterocycles. The molecule has 9 heteroatoms. The van der Waals surface area contributed by atoms with Crippen LogP contribution in [-0.4, -0.2) is 44.5 Å². The van der Waals surface area contributed by atoms with Crippen molar-refractivity contribution in [2.24, 2.45) is 0 Å². The van der Waals surface area contributed by atoms with Gasteiger partial charge in [0.05, 0.1) is 17.3 Å². The SMILES string of the molecule is CCCC(=O)Nc1ccc(Cl)c(NCC(=O)Nc2ccc(C(=O)NCCCOC)cc2)c1. The maximum absolute atomic E-state index is 12.3. The van der Waals surface area contributed by atoms with Crippen LogP contribution in [0.4, 0.5) is 17.1 Å². The third-order valence-electron chi connectivity index (χ3n) is 4.41. The van der Waals surface area contributed by atoms with Crippen molar-refractivity contribution in [2.75, 3.05) is 42.8 Å². The molecule has 0 atom stereocenters. The van der Waals surface area contributed by atoms with Crippen LogP contribution in [0.2, 0.25) is 5.02 Å². The van der Waals surface area contributed by atoms with Crippen molar-refractivity contribution < 1.29 is 19.1 Å². The molecule has 0 unspecified atom stereocenters. The maximum Gasteiger partial charge on any atom is 0.251 e. The first kappa shape index (κ1) is 25.2. The van der Waals surface area contributed by atoms with Gasteiger partial charge in [-0.15, -0.1) is 0 Å². The molecular formula is C23H29ClN4O4. The second kappa shape index (κ2) is 13.3. The van der Waals surface area contributed by atoms with Gasteiger partial charge in [0.15, 0.2) is 0 Å². The first-order valence-electron chi connectivity index (χ1n) is 10.4. The molecule has 32 heavy (non-hydrogen) atoms. The zero-order valence-electron chi connectivity index (χ0n) is 18.3. The Morgan fingerprint density at radius 3 is 2.34 bits per heavy atom. The number of halogens is 1. The molecule has 0 aliphatic rings. The number of amides is 3. The highest BCUT2D eigenvalue weighted by Crippen LogP contribution is 2.25. The highest BCUT2D eigenvalue weighted by molar-refractivity contribution is 6.33. The Kier molecular flexibility index (Phi) is 10.5. The van der Waals surface area contributed by atoms with Gasteiger partial charge in [-0.1, -0.05) is 18.5 Å². The van der Waals surface area contributed by atoms with Gasteiger partial charge < -0.3 is 26.0 Å². The summed E-state index contributed by atoms with van der Waals surface area (Å²) in [5.74, 6) is -0.537. The van der Waals surface area contributed by atoms with Crippen molar-refractivity contribution >= 4 is 46.4 Å². The number of hydrogen-bond acceptors (Lipinski definition) is 5. The van der Waals surface area contributed by atoms with E-state index >= 15 is 0 Å². The summed E-state index contributed by atoms with van der Waals surface area (Å²) >= 11 is 6.19. The van der Waals surface area contributed by atoms with Crippen LogP contribution < -0.4 is 21.3 Å². The summed E-state index contributed by atoms with van der Waals surface area (Å²) in [5.41, 5.74) is 2.22. The van der Waals surface area contributed by atoms with Crippen molar-refractivity contribution in [2.45, 2.75) is 26.2 Å². The number of rotatable bonds is 12. The molecule has 172 valence electrons. The fourth-order valence-electron chi connectivity index (χ4n) is 2.80. The van der Waals surface area contributed by atoms with Crippen LogP contribution in [0.1, 0.15) is 36.5 Å². The summed E-state index contributed by atoms with van der Waals surface area (Å²) in [4.78, 5) is 36.1. The number of carbonyl (C=O) groups excluding carboxylic acids is 3. The van der Waals surface area contributed by atoms with Crippen molar-refractivity contribution in [3.05, 3.63) is 53.1 Å². The second-order valence-electron chi connectivity index (χ2n) is 7.07. The fourth-order valence-corrected chi connectivity index (χ4v) is 2.98. The molecule has 2 rings (SSSR count). The number of anilines is 3. The van der Waals surface area contributed by atoms with Crippen LogP contribution in [0.25, 0.3) is 0 Å². The summed E-state index contributed by atoms with van der Waals surface area (Å²) in [6.45, 7) is 3.03. The van der Waals surface area contributed by atoms with Gasteiger partial charge in [0.1, 0.15) is 0 Å². The van der Waals surface area contributed by atoms with Crippen molar-refractivity contribution in [1.29, 1.82) is 0 Å². The molecule has 2 aromatic carbocycles. The standard InChI is InChI=1S/C23H29ClN4O4/c1-3-5-21(29)28-18-10-11-19(24)20(14-18)26-15-22(30)27-17-8-6-16(7-9-17)23(31)25-12-4-13-32-2/h6-11,14,26H,3-5,12-13,15H2,1-2H3,(H,25,31)(H,27,30)(H,28,29). The van der Waals surface area contributed by atoms with Crippen LogP contribution in [-0.2, 0) is 14.3 Å². The molecule has 0 aliphatic carbocycles. The van der Waals surface area contributed by atoms with Gasteiger partial charge in [0.25, 0.3) is 5.91 Å². The highest BCUT2D eigenvalue weighted by Gasteiger charge is 2.09. The van der Waals surface area contributed by atoms with Gasteiger partial charge in [-0.25, -0.2) is 0 Å². The van der Waals surface area contributed by atoms with Crippen LogP contribution in [0.5, 0.6) is 0 Å². The van der Waals surface area contributed by atoms with E-state index in [4.69, 9.17) is 16.3 Å². The molecule has 0 spiro atoms. The van der Waals surface area contributed by atoms with E-state index in [-0.39, 0.29) is 24.3 Å². The largest absolute Gasteiger partial charge is 0.385 e. The number of hydrogen-bond donors (Lipinski definition) is 4. The highest BCUT2D eigenvalue weighted by atomic mass is 35.5. The van der Waals surface area contributed by atoms with Crippen molar-refractivity contribution in [1.82, 2.24) is 5.32 Å². The van der Waals surface area contributed by atoms with Crippen LogP contribution in [0.3, 0.4) is 0 Å². The van der Waals surface area contributed by atoms with E-state index in [1.807, 2.05) is 6.92 Å². The minimum absolute atomic E-state index is 0.0200. The number of ether oxygens (including phenoxy) is 1. The minimum atomic E-state index is -0.279. The quantitative estimate of drug-likeness (QED) is 0.359. The van der Waals surface area contributed by atoms with Crippen molar-refractivity contribution in [3.63, 3.8) is 0 Å². The third-order valence-corrected chi connectivity index (χ3v) is 4.74. The molecule has 0 radical (unpaired) electrons. The minimum Gasteiger partial charge on any atom is -0.385 e. The van der Waals surface area contributed by atoms with Gasteiger partial charge >= 0.3 is 0 Å². The van der Waals surface area contributed by atoms with Crippen LogP contribution >= 0.6 is 11.6 Å². The summed E-state index contributed by atoms with van der Waals surface area (Å²) in [7, 11) is 1.62. The van der Waals surface area contributed by atoms with E-state index in [9.17, 15) is 14.4 Å².